The largest absolute Gasteiger partial charge is 0.449 e. The Bertz CT molecular complexity index is 681. The summed E-state index contributed by atoms with van der Waals surface area (Å²) in [6.07, 6.45) is 0.401. The minimum absolute atomic E-state index is 0.280. The van der Waals surface area contributed by atoms with Crippen molar-refractivity contribution in [2.45, 2.75) is 33.2 Å². The van der Waals surface area contributed by atoms with Gasteiger partial charge in [0.05, 0.1) is 6.61 Å². The maximum atomic E-state index is 12.9. The Morgan fingerprint density at radius 3 is 2.45 bits per heavy atom. The molecule has 1 aliphatic rings. The predicted molar refractivity (Wildman–Crippen MR) is 110 cm³/mol. The molecule has 2 N–H and O–H groups in total. The maximum Gasteiger partial charge on any atom is 0.409 e. The molecule has 0 bridgehead atoms. The molecule has 0 aliphatic carbocycles. The predicted octanol–water partition coefficient (Wildman–Crippen LogP) is 2.37. The molecule has 2 rings (SSSR count). The zero-order valence-corrected chi connectivity index (χ0v) is 17.5. The van der Waals surface area contributed by atoms with Crippen LogP contribution in [0.15, 0.2) is 30.3 Å². The lowest BCUT2D eigenvalue weighted by atomic mass is 10.0. The van der Waals surface area contributed by atoms with Crippen molar-refractivity contribution in [2.75, 3.05) is 39.3 Å². The maximum absolute atomic E-state index is 12.9. The van der Waals surface area contributed by atoms with Crippen LogP contribution >= 0.6 is 0 Å². The fourth-order valence-corrected chi connectivity index (χ4v) is 3.26. The zero-order chi connectivity index (χ0) is 21.2. The number of carbonyl (C=O) groups is 3. The van der Waals surface area contributed by atoms with Crippen LogP contribution in [-0.4, -0.2) is 67.2 Å². The van der Waals surface area contributed by atoms with Crippen LogP contribution in [0.2, 0.25) is 0 Å². The Morgan fingerprint density at radius 1 is 1.07 bits per heavy atom. The standard InChI is InChI=1S/C21H32N4O4/c1-4-22-20(27)23-19(26)18(17-9-6-5-7-10-17)24-11-8-12-25(14-13-24)21(28)29-15-16(2)3/h5-7,9-10,16,18H,4,8,11-15H2,1-3H3,(H2,22,23,26,27). The Hall–Kier alpha value is -2.61. The van der Waals surface area contributed by atoms with E-state index in [9.17, 15) is 14.4 Å². The van der Waals surface area contributed by atoms with E-state index >= 15 is 0 Å². The van der Waals surface area contributed by atoms with Gasteiger partial charge in [0.1, 0.15) is 6.04 Å². The highest BCUT2D eigenvalue weighted by atomic mass is 16.6. The highest BCUT2D eigenvalue weighted by Gasteiger charge is 2.31. The van der Waals surface area contributed by atoms with Crippen LogP contribution < -0.4 is 10.6 Å². The molecule has 29 heavy (non-hydrogen) atoms. The lowest BCUT2D eigenvalue weighted by molar-refractivity contribution is -0.125. The number of urea groups is 1. The third-order valence-electron chi connectivity index (χ3n) is 4.63. The van der Waals surface area contributed by atoms with E-state index in [4.69, 9.17) is 4.74 Å². The molecule has 1 aromatic carbocycles. The van der Waals surface area contributed by atoms with Gasteiger partial charge in [-0.05, 0) is 24.8 Å². The molecule has 1 aromatic rings. The number of ether oxygens (including phenoxy) is 1. The van der Waals surface area contributed by atoms with E-state index in [1.54, 1.807) is 11.8 Å². The first-order valence-electron chi connectivity index (χ1n) is 10.2. The van der Waals surface area contributed by atoms with Gasteiger partial charge in [-0.15, -0.1) is 0 Å². The molecule has 1 unspecified atom stereocenters. The van der Waals surface area contributed by atoms with E-state index in [0.29, 0.717) is 45.8 Å². The zero-order valence-electron chi connectivity index (χ0n) is 17.5. The lowest BCUT2D eigenvalue weighted by Gasteiger charge is -2.29. The highest BCUT2D eigenvalue weighted by Crippen LogP contribution is 2.23. The minimum atomic E-state index is -0.606. The first-order chi connectivity index (χ1) is 13.9. The summed E-state index contributed by atoms with van der Waals surface area (Å²) in [6.45, 7) is 8.80. The summed E-state index contributed by atoms with van der Waals surface area (Å²) in [5, 5.41) is 5.01. The van der Waals surface area contributed by atoms with Crippen LogP contribution in [0.3, 0.4) is 0 Å². The summed E-state index contributed by atoms with van der Waals surface area (Å²) in [7, 11) is 0. The van der Waals surface area contributed by atoms with Crippen molar-refractivity contribution in [3.05, 3.63) is 35.9 Å². The quantitative estimate of drug-likeness (QED) is 0.760. The lowest BCUT2D eigenvalue weighted by Crippen LogP contribution is -2.47. The molecule has 0 saturated carbocycles. The summed E-state index contributed by atoms with van der Waals surface area (Å²) >= 11 is 0. The van der Waals surface area contributed by atoms with E-state index in [0.717, 1.165) is 5.56 Å². The fraction of sp³-hybridized carbons (Fsp3) is 0.571. The number of amides is 4. The average molecular weight is 405 g/mol. The topological polar surface area (TPSA) is 91.0 Å². The number of hydrogen-bond donors (Lipinski definition) is 2. The van der Waals surface area contributed by atoms with Gasteiger partial charge in [0.15, 0.2) is 0 Å². The van der Waals surface area contributed by atoms with Crippen molar-refractivity contribution in [1.82, 2.24) is 20.4 Å². The van der Waals surface area contributed by atoms with E-state index < -0.39 is 12.1 Å². The van der Waals surface area contributed by atoms with Crippen LogP contribution in [0.1, 0.15) is 38.8 Å². The molecule has 1 fully saturated rings. The Balaban J connectivity index is 2.09. The minimum Gasteiger partial charge on any atom is -0.449 e. The number of nitrogens with one attached hydrogen (secondary N) is 2. The Morgan fingerprint density at radius 2 is 1.79 bits per heavy atom. The Labute approximate surface area is 172 Å². The number of hydrogen-bond acceptors (Lipinski definition) is 5. The van der Waals surface area contributed by atoms with E-state index in [1.807, 2.05) is 49.1 Å². The first-order valence-corrected chi connectivity index (χ1v) is 10.2. The van der Waals surface area contributed by atoms with Crippen molar-refractivity contribution in [3.63, 3.8) is 0 Å². The number of nitrogens with zero attached hydrogens (tertiary/aromatic N) is 2. The molecule has 4 amide bonds. The number of benzene rings is 1. The van der Waals surface area contributed by atoms with E-state index in [-0.39, 0.29) is 17.9 Å². The second kappa shape index (κ2) is 11.4. The van der Waals surface area contributed by atoms with Gasteiger partial charge >= 0.3 is 12.1 Å². The number of carbonyl (C=O) groups excluding carboxylic acids is 3. The number of rotatable bonds is 6. The van der Waals surface area contributed by atoms with Crippen LogP contribution in [-0.2, 0) is 9.53 Å². The Kier molecular flexibility index (Phi) is 8.92. The van der Waals surface area contributed by atoms with Crippen molar-refractivity contribution < 1.29 is 19.1 Å². The van der Waals surface area contributed by atoms with Crippen molar-refractivity contribution in [3.8, 4) is 0 Å². The molecule has 1 heterocycles. The molecule has 1 aliphatic heterocycles. The van der Waals surface area contributed by atoms with Gasteiger partial charge in [-0.3, -0.25) is 15.0 Å². The van der Waals surface area contributed by atoms with Gasteiger partial charge < -0.3 is 15.0 Å². The van der Waals surface area contributed by atoms with Gasteiger partial charge in [-0.25, -0.2) is 9.59 Å². The molecule has 0 spiro atoms. The van der Waals surface area contributed by atoms with Gasteiger partial charge in [0.25, 0.3) is 0 Å². The van der Waals surface area contributed by atoms with Crippen LogP contribution in [0.4, 0.5) is 9.59 Å². The second-order valence-corrected chi connectivity index (χ2v) is 7.51. The van der Waals surface area contributed by atoms with E-state index in [2.05, 4.69) is 10.6 Å². The van der Waals surface area contributed by atoms with Gasteiger partial charge in [0.2, 0.25) is 5.91 Å². The monoisotopic (exact) mass is 404 g/mol. The molecule has 8 nitrogen and oxygen atoms in total. The summed E-state index contributed by atoms with van der Waals surface area (Å²) in [6, 6.07) is 8.27. The highest BCUT2D eigenvalue weighted by molar-refractivity contribution is 5.97. The molecule has 0 radical (unpaired) electrons. The van der Waals surface area contributed by atoms with Crippen LogP contribution in [0, 0.1) is 5.92 Å². The molecule has 8 heteroatoms. The number of imide groups is 1. The third kappa shape index (κ3) is 7.05. The molecule has 160 valence electrons. The smallest absolute Gasteiger partial charge is 0.409 e. The van der Waals surface area contributed by atoms with Gasteiger partial charge in [-0.1, -0.05) is 44.2 Å². The van der Waals surface area contributed by atoms with Gasteiger partial charge in [-0.2, -0.15) is 0 Å². The molecular weight excluding hydrogens is 372 g/mol. The fourth-order valence-electron chi connectivity index (χ4n) is 3.26. The van der Waals surface area contributed by atoms with Crippen molar-refractivity contribution in [2.24, 2.45) is 5.92 Å². The van der Waals surface area contributed by atoms with Crippen LogP contribution in [0.25, 0.3) is 0 Å². The molecule has 0 aromatic heterocycles. The van der Waals surface area contributed by atoms with Gasteiger partial charge in [0, 0.05) is 32.7 Å². The van der Waals surface area contributed by atoms with Crippen molar-refractivity contribution in [1.29, 1.82) is 0 Å². The summed E-state index contributed by atoms with van der Waals surface area (Å²) < 4.78 is 5.34. The summed E-state index contributed by atoms with van der Waals surface area (Å²) in [5.41, 5.74) is 0.810. The summed E-state index contributed by atoms with van der Waals surface area (Å²) in [5.74, 6) is -0.0964. The SMILES string of the molecule is CCNC(=O)NC(=O)C(c1ccccc1)N1CCCN(C(=O)OCC(C)C)CC1. The van der Waals surface area contributed by atoms with Crippen LogP contribution in [0.5, 0.6) is 0 Å². The molecular formula is C21H32N4O4. The summed E-state index contributed by atoms with van der Waals surface area (Å²) in [4.78, 5) is 40.8. The van der Waals surface area contributed by atoms with E-state index in [1.165, 1.54) is 0 Å². The second-order valence-electron chi connectivity index (χ2n) is 7.51. The average Bonchev–Trinajstić information content (AvgIpc) is 2.93. The molecule has 1 saturated heterocycles. The normalized spacial score (nSPS) is 16.1. The molecule has 1 atom stereocenters. The first kappa shape index (κ1) is 22.7. The van der Waals surface area contributed by atoms with Crippen molar-refractivity contribution >= 4 is 18.0 Å². The third-order valence-corrected chi connectivity index (χ3v) is 4.63.